The number of para-hydroxylation sites is 2. The summed E-state index contributed by atoms with van der Waals surface area (Å²) >= 11 is 0. The highest BCUT2D eigenvalue weighted by Crippen LogP contribution is 2.49. The van der Waals surface area contributed by atoms with Crippen molar-refractivity contribution >= 4 is 13.9 Å². The summed E-state index contributed by atoms with van der Waals surface area (Å²) in [7, 11) is -3.83. The van der Waals surface area contributed by atoms with Gasteiger partial charge in [-0.1, -0.05) is 49.2 Å². The van der Waals surface area contributed by atoms with Gasteiger partial charge in [-0.3, -0.25) is 4.52 Å². The number of phosphoric acid groups is 1. The maximum atomic E-state index is 13.1. The molecule has 1 N–H and O–H groups in total. The van der Waals surface area contributed by atoms with Crippen molar-refractivity contribution in [3.63, 3.8) is 0 Å². The minimum atomic E-state index is -3.83. The van der Waals surface area contributed by atoms with Gasteiger partial charge in [-0.2, -0.15) is 0 Å². The Bertz CT molecular complexity index is 777. The Morgan fingerprint density at radius 1 is 0.839 bits per heavy atom. The number of carbonyl (C=O) groups is 1. The molecule has 0 saturated carbocycles. The minimum Gasteiger partial charge on any atom is -0.444 e. The zero-order chi connectivity index (χ0) is 22.6. The van der Waals surface area contributed by atoms with Crippen LogP contribution in [0.15, 0.2) is 60.7 Å². The number of benzene rings is 2. The molecule has 2 aromatic rings. The average molecular weight is 449 g/mol. The van der Waals surface area contributed by atoms with E-state index >= 15 is 0 Å². The fraction of sp³-hybridized carbons (Fsp3) is 0.435. The molecule has 170 valence electrons. The van der Waals surface area contributed by atoms with Gasteiger partial charge >= 0.3 is 13.9 Å². The van der Waals surface area contributed by atoms with E-state index in [2.05, 4.69) is 5.32 Å². The smallest absolute Gasteiger partial charge is 0.444 e. The van der Waals surface area contributed by atoms with Gasteiger partial charge in [0.2, 0.25) is 0 Å². The van der Waals surface area contributed by atoms with Crippen LogP contribution < -0.4 is 14.4 Å². The second-order valence-electron chi connectivity index (χ2n) is 7.93. The standard InChI is InChI=1S/C23H32NO6P/c1-23(2,3)28-22(25)24-18-12-4-5-13-19-27-31(26,29-20-14-8-6-9-15-20)30-21-16-10-7-11-17-21/h6-11,14-17H,4-5,12-13,18-19H2,1-3H3,(H,24,25). The molecular formula is C23H32NO6P. The predicted octanol–water partition coefficient (Wildman–Crippen LogP) is 6.35. The van der Waals surface area contributed by atoms with Gasteiger partial charge in [-0.05, 0) is 57.9 Å². The molecule has 2 rings (SSSR count). The first-order chi connectivity index (χ1) is 14.8. The molecule has 0 aliphatic heterocycles. The first-order valence-corrected chi connectivity index (χ1v) is 11.9. The van der Waals surface area contributed by atoms with E-state index in [1.54, 1.807) is 48.5 Å². The molecule has 0 radical (unpaired) electrons. The van der Waals surface area contributed by atoms with Crippen LogP contribution in [0, 0.1) is 0 Å². The van der Waals surface area contributed by atoms with Crippen LogP contribution in [0.2, 0.25) is 0 Å². The van der Waals surface area contributed by atoms with Gasteiger partial charge in [0, 0.05) is 6.54 Å². The van der Waals surface area contributed by atoms with Crippen molar-refractivity contribution in [1.29, 1.82) is 0 Å². The third-order valence-electron chi connectivity index (χ3n) is 3.91. The van der Waals surface area contributed by atoms with E-state index in [0.717, 1.165) is 19.3 Å². The first-order valence-electron chi connectivity index (χ1n) is 10.5. The number of phosphoric ester groups is 1. The average Bonchev–Trinajstić information content (AvgIpc) is 2.70. The normalized spacial score (nSPS) is 11.6. The zero-order valence-corrected chi connectivity index (χ0v) is 19.3. The van der Waals surface area contributed by atoms with Crippen LogP contribution in [0.4, 0.5) is 4.79 Å². The van der Waals surface area contributed by atoms with Crippen molar-refractivity contribution in [2.24, 2.45) is 0 Å². The summed E-state index contributed by atoms with van der Waals surface area (Å²) in [6.45, 7) is 6.26. The second-order valence-corrected chi connectivity index (χ2v) is 9.45. The third kappa shape index (κ3) is 10.9. The van der Waals surface area contributed by atoms with Crippen LogP contribution >= 0.6 is 7.82 Å². The fourth-order valence-electron chi connectivity index (χ4n) is 2.55. The van der Waals surface area contributed by atoms with Crippen LogP contribution in [0.5, 0.6) is 11.5 Å². The minimum absolute atomic E-state index is 0.233. The molecule has 7 nitrogen and oxygen atoms in total. The predicted molar refractivity (Wildman–Crippen MR) is 120 cm³/mol. The van der Waals surface area contributed by atoms with Gasteiger partial charge in [0.25, 0.3) is 0 Å². The SMILES string of the molecule is CC(C)(C)OC(=O)NCCCCCCOP(=O)(Oc1ccccc1)Oc1ccccc1. The lowest BCUT2D eigenvalue weighted by atomic mass is 10.2. The summed E-state index contributed by atoms with van der Waals surface area (Å²) < 4.78 is 35.0. The number of ether oxygens (including phenoxy) is 1. The van der Waals surface area contributed by atoms with E-state index < -0.39 is 19.5 Å². The lowest BCUT2D eigenvalue weighted by Crippen LogP contribution is -2.32. The highest BCUT2D eigenvalue weighted by molar-refractivity contribution is 7.49. The van der Waals surface area contributed by atoms with Crippen molar-refractivity contribution in [3.05, 3.63) is 60.7 Å². The molecule has 0 aromatic heterocycles. The molecule has 0 bridgehead atoms. The van der Waals surface area contributed by atoms with E-state index in [1.165, 1.54) is 0 Å². The molecule has 8 heteroatoms. The Morgan fingerprint density at radius 2 is 1.35 bits per heavy atom. The molecule has 2 aromatic carbocycles. The van der Waals surface area contributed by atoms with Gasteiger partial charge in [-0.15, -0.1) is 0 Å². The Kier molecular flexibility index (Phi) is 9.89. The Hall–Kier alpha value is -2.50. The van der Waals surface area contributed by atoms with E-state index in [0.29, 0.717) is 24.5 Å². The number of hydrogen-bond acceptors (Lipinski definition) is 6. The van der Waals surface area contributed by atoms with Crippen molar-refractivity contribution in [2.75, 3.05) is 13.2 Å². The number of carbonyl (C=O) groups excluding carboxylic acids is 1. The summed E-state index contributed by atoms with van der Waals surface area (Å²) in [6.07, 6.45) is 2.84. The van der Waals surface area contributed by atoms with Crippen LogP contribution in [0.25, 0.3) is 0 Å². The van der Waals surface area contributed by atoms with Crippen molar-refractivity contribution < 1.29 is 27.7 Å². The van der Waals surface area contributed by atoms with Crippen LogP contribution in [0.1, 0.15) is 46.5 Å². The monoisotopic (exact) mass is 449 g/mol. The quantitative estimate of drug-likeness (QED) is 0.300. The molecule has 0 aliphatic carbocycles. The lowest BCUT2D eigenvalue weighted by Gasteiger charge is -2.19. The molecule has 31 heavy (non-hydrogen) atoms. The number of rotatable bonds is 12. The lowest BCUT2D eigenvalue weighted by molar-refractivity contribution is 0.0526. The molecule has 0 fully saturated rings. The van der Waals surface area contributed by atoms with Crippen molar-refractivity contribution in [3.8, 4) is 11.5 Å². The van der Waals surface area contributed by atoms with Gasteiger partial charge in [0.05, 0.1) is 6.61 Å². The largest absolute Gasteiger partial charge is 0.587 e. The maximum Gasteiger partial charge on any atom is 0.587 e. The summed E-state index contributed by atoms with van der Waals surface area (Å²) in [5, 5.41) is 2.73. The zero-order valence-electron chi connectivity index (χ0n) is 18.4. The number of nitrogens with one attached hydrogen (secondary N) is 1. The number of hydrogen-bond donors (Lipinski definition) is 1. The molecule has 1 amide bonds. The fourth-order valence-corrected chi connectivity index (χ4v) is 3.81. The molecule has 0 atom stereocenters. The summed E-state index contributed by atoms with van der Waals surface area (Å²) in [5.74, 6) is 0.824. The second kappa shape index (κ2) is 12.4. The summed E-state index contributed by atoms with van der Waals surface area (Å²) in [6, 6.07) is 17.6. The van der Waals surface area contributed by atoms with Gasteiger partial charge in [-0.25, -0.2) is 9.36 Å². The Balaban J connectivity index is 1.73. The van der Waals surface area contributed by atoms with E-state index in [4.69, 9.17) is 18.3 Å². The van der Waals surface area contributed by atoms with Gasteiger partial charge in [0.15, 0.2) is 0 Å². The molecule has 0 saturated heterocycles. The molecule has 0 heterocycles. The van der Waals surface area contributed by atoms with Gasteiger partial charge < -0.3 is 19.1 Å². The van der Waals surface area contributed by atoms with Crippen molar-refractivity contribution in [1.82, 2.24) is 5.32 Å². The summed E-state index contributed by atoms with van der Waals surface area (Å²) in [5.41, 5.74) is -0.501. The maximum absolute atomic E-state index is 13.1. The number of unbranched alkanes of at least 4 members (excludes halogenated alkanes) is 3. The summed E-state index contributed by atoms with van der Waals surface area (Å²) in [4.78, 5) is 11.6. The van der Waals surface area contributed by atoms with Crippen molar-refractivity contribution in [2.45, 2.75) is 52.1 Å². The highest BCUT2D eigenvalue weighted by Gasteiger charge is 2.30. The van der Waals surface area contributed by atoms with Crippen LogP contribution in [0.3, 0.4) is 0 Å². The number of alkyl carbamates (subject to hydrolysis) is 1. The molecular weight excluding hydrogens is 417 g/mol. The van der Waals surface area contributed by atoms with Gasteiger partial charge in [0.1, 0.15) is 17.1 Å². The van der Waals surface area contributed by atoms with E-state index in [1.807, 2.05) is 32.9 Å². The topological polar surface area (TPSA) is 83.1 Å². The van der Waals surface area contributed by atoms with Crippen LogP contribution in [-0.4, -0.2) is 24.8 Å². The van der Waals surface area contributed by atoms with E-state index in [-0.39, 0.29) is 6.61 Å². The van der Waals surface area contributed by atoms with E-state index in [9.17, 15) is 9.36 Å². The molecule has 0 spiro atoms. The number of amides is 1. The Labute approximate surface area is 184 Å². The highest BCUT2D eigenvalue weighted by atomic mass is 31.2. The molecule has 0 unspecified atom stereocenters. The first kappa shape index (κ1) is 24.8. The molecule has 0 aliphatic rings. The van der Waals surface area contributed by atoms with Crippen LogP contribution in [-0.2, 0) is 13.8 Å². The third-order valence-corrected chi connectivity index (χ3v) is 5.28. The Morgan fingerprint density at radius 3 is 1.87 bits per heavy atom.